The van der Waals surface area contributed by atoms with E-state index in [2.05, 4.69) is 27.2 Å². The van der Waals surface area contributed by atoms with E-state index in [1.54, 1.807) is 13.8 Å². The Morgan fingerprint density at radius 1 is 0.909 bits per heavy atom. The summed E-state index contributed by atoms with van der Waals surface area (Å²) in [5.74, 6) is 0.273. The van der Waals surface area contributed by atoms with E-state index in [9.17, 15) is 24.3 Å². The van der Waals surface area contributed by atoms with Crippen molar-refractivity contribution in [1.82, 2.24) is 16.0 Å². The van der Waals surface area contributed by atoms with Gasteiger partial charge in [-0.15, -0.1) is 6.42 Å². The molecular weight excluding hydrogens is 560 g/mol. The van der Waals surface area contributed by atoms with E-state index < -0.39 is 35.9 Å². The van der Waals surface area contributed by atoms with E-state index in [0.29, 0.717) is 5.56 Å². The topological polar surface area (TPSA) is 146 Å². The summed E-state index contributed by atoms with van der Waals surface area (Å²) in [6.07, 6.45) is 4.46. The van der Waals surface area contributed by atoms with Crippen LogP contribution in [0.3, 0.4) is 0 Å². The zero-order valence-corrected chi connectivity index (χ0v) is 24.8. The number of carbonyl (C=O) groups excluding carboxylic acids is 4. The third kappa shape index (κ3) is 7.25. The number of benzene rings is 3. The fourth-order valence-corrected chi connectivity index (χ4v) is 5.15. The Hall–Kier alpha value is -5.14. The molecule has 4 rings (SSSR count). The van der Waals surface area contributed by atoms with Crippen molar-refractivity contribution >= 4 is 29.5 Å². The Morgan fingerprint density at radius 2 is 1.55 bits per heavy atom. The van der Waals surface area contributed by atoms with E-state index in [1.165, 1.54) is 25.1 Å². The van der Waals surface area contributed by atoms with Gasteiger partial charge < -0.3 is 31.1 Å². The van der Waals surface area contributed by atoms with Crippen molar-refractivity contribution in [2.24, 2.45) is 5.92 Å². The van der Waals surface area contributed by atoms with Crippen molar-refractivity contribution in [3.05, 3.63) is 89.0 Å². The first-order chi connectivity index (χ1) is 21.1. The van der Waals surface area contributed by atoms with Crippen molar-refractivity contribution in [1.29, 1.82) is 0 Å². The number of carbonyl (C=O) groups is 4. The lowest BCUT2D eigenvalue weighted by molar-refractivity contribution is -0.128. The lowest BCUT2D eigenvalue weighted by Gasteiger charge is -2.24. The number of hydrogen-bond donors (Lipinski definition) is 5. The summed E-state index contributed by atoms with van der Waals surface area (Å²) in [4.78, 5) is 51.3. The molecule has 0 saturated heterocycles. The normalized spacial score (nSPS) is 13.1. The number of aliphatic hydroxyl groups is 1. The molecule has 44 heavy (non-hydrogen) atoms. The summed E-state index contributed by atoms with van der Waals surface area (Å²) in [7, 11) is 0. The first-order valence-corrected chi connectivity index (χ1v) is 14.3. The number of aliphatic hydroxyl groups excluding tert-OH is 1. The maximum atomic E-state index is 13.1. The summed E-state index contributed by atoms with van der Waals surface area (Å²) in [6, 6.07) is 18.5. The zero-order chi connectivity index (χ0) is 31.8. The molecule has 3 aromatic carbocycles. The minimum atomic E-state index is -0.982. The van der Waals surface area contributed by atoms with Crippen LogP contribution in [0.5, 0.6) is 0 Å². The van der Waals surface area contributed by atoms with Crippen LogP contribution >= 0.6 is 0 Å². The highest BCUT2D eigenvalue weighted by atomic mass is 16.5. The standard InChI is InChI=1S/C34H36N4O6/c1-5-16-35-32(41)28-17-23(15-14-22(28)18-39)37-31(40)21(4)36-33(42)30(20(2)3)38-34(43)44-19-29-26-12-8-6-10-24(26)25-11-7-9-13-27(25)29/h1,6-15,17,20-21,29-30,39H,16,18-19H2,2-4H3,(H,35,41)(H,36,42)(H,37,40)(H,38,43)/t21-,30-/m0/s1. The van der Waals surface area contributed by atoms with Crippen molar-refractivity contribution < 1.29 is 29.0 Å². The highest BCUT2D eigenvalue weighted by Gasteiger charge is 2.31. The Kier molecular flexibility index (Phi) is 10.4. The van der Waals surface area contributed by atoms with Crippen molar-refractivity contribution in [2.45, 2.75) is 45.4 Å². The molecule has 3 aromatic rings. The van der Waals surface area contributed by atoms with Gasteiger partial charge in [0.2, 0.25) is 11.8 Å². The molecule has 0 aromatic heterocycles. The Labute approximate surface area is 256 Å². The number of alkyl carbamates (subject to hydrolysis) is 1. The minimum absolute atomic E-state index is 0.00441. The molecule has 0 radical (unpaired) electrons. The van der Waals surface area contributed by atoms with E-state index in [4.69, 9.17) is 11.2 Å². The van der Waals surface area contributed by atoms with Crippen LogP contribution in [0.15, 0.2) is 66.7 Å². The summed E-state index contributed by atoms with van der Waals surface area (Å²) in [6.45, 7) is 4.77. The SMILES string of the molecule is C#CCNC(=O)c1cc(NC(=O)[C@H](C)NC(=O)[C@@H](NC(=O)OCC2c3ccccc3-c3ccccc32)C(C)C)ccc1CO. The number of ether oxygens (including phenoxy) is 1. The first kappa shape index (κ1) is 31.8. The Morgan fingerprint density at radius 3 is 2.14 bits per heavy atom. The fraction of sp³-hybridized carbons (Fsp3) is 0.294. The molecule has 1 aliphatic carbocycles. The maximum absolute atomic E-state index is 13.1. The van der Waals surface area contributed by atoms with Gasteiger partial charge in [0.05, 0.1) is 13.2 Å². The van der Waals surface area contributed by atoms with E-state index >= 15 is 0 Å². The molecular formula is C34H36N4O6. The van der Waals surface area contributed by atoms with Gasteiger partial charge >= 0.3 is 6.09 Å². The van der Waals surface area contributed by atoms with Crippen molar-refractivity contribution in [3.8, 4) is 23.5 Å². The summed E-state index contributed by atoms with van der Waals surface area (Å²) in [5, 5.41) is 20.0. The average molecular weight is 597 g/mol. The van der Waals surface area contributed by atoms with Crippen LogP contribution in [0, 0.1) is 18.3 Å². The lowest BCUT2D eigenvalue weighted by atomic mass is 9.98. The third-order valence-corrected chi connectivity index (χ3v) is 7.46. The predicted molar refractivity (Wildman–Crippen MR) is 167 cm³/mol. The van der Waals surface area contributed by atoms with E-state index in [0.717, 1.165) is 22.3 Å². The highest BCUT2D eigenvalue weighted by molar-refractivity contribution is 6.00. The molecule has 0 heterocycles. The molecule has 5 N–H and O–H groups in total. The summed E-state index contributed by atoms with van der Waals surface area (Å²) < 4.78 is 5.61. The van der Waals surface area contributed by atoms with Gasteiger partial charge in [0.15, 0.2) is 0 Å². The predicted octanol–water partition coefficient (Wildman–Crippen LogP) is 3.55. The molecule has 0 aliphatic heterocycles. The number of anilines is 1. The molecule has 228 valence electrons. The lowest BCUT2D eigenvalue weighted by Crippen LogP contribution is -2.53. The summed E-state index contributed by atoms with van der Waals surface area (Å²) >= 11 is 0. The zero-order valence-electron chi connectivity index (χ0n) is 24.8. The largest absolute Gasteiger partial charge is 0.449 e. The van der Waals surface area contributed by atoms with Gasteiger partial charge in [-0.3, -0.25) is 14.4 Å². The number of fused-ring (bicyclic) bond motifs is 3. The van der Waals surface area contributed by atoms with Crippen LogP contribution in [-0.2, 0) is 20.9 Å². The molecule has 10 nitrogen and oxygen atoms in total. The molecule has 1 aliphatic rings. The number of hydrogen-bond acceptors (Lipinski definition) is 6. The monoisotopic (exact) mass is 596 g/mol. The molecule has 10 heteroatoms. The molecule has 0 saturated carbocycles. The van der Waals surface area contributed by atoms with Gasteiger partial charge in [-0.2, -0.15) is 0 Å². The number of terminal acetylenes is 1. The van der Waals surface area contributed by atoms with Crippen LogP contribution < -0.4 is 21.3 Å². The van der Waals surface area contributed by atoms with Crippen LogP contribution in [0.1, 0.15) is 53.7 Å². The third-order valence-electron chi connectivity index (χ3n) is 7.46. The average Bonchev–Trinajstić information content (AvgIpc) is 3.34. The smallest absolute Gasteiger partial charge is 0.407 e. The quantitative estimate of drug-likeness (QED) is 0.214. The van der Waals surface area contributed by atoms with Gasteiger partial charge in [-0.1, -0.05) is 74.4 Å². The number of nitrogens with one attached hydrogen (secondary N) is 4. The maximum Gasteiger partial charge on any atom is 0.407 e. The van der Waals surface area contributed by atoms with Crippen molar-refractivity contribution in [2.75, 3.05) is 18.5 Å². The second-order valence-corrected chi connectivity index (χ2v) is 10.8. The molecule has 0 unspecified atom stereocenters. The number of rotatable bonds is 11. The number of amides is 4. The van der Waals surface area contributed by atoms with Crippen LogP contribution in [0.2, 0.25) is 0 Å². The van der Waals surface area contributed by atoms with Gasteiger partial charge in [0.1, 0.15) is 18.7 Å². The molecule has 0 spiro atoms. The Balaban J connectivity index is 1.35. The van der Waals surface area contributed by atoms with Crippen LogP contribution in [0.25, 0.3) is 11.1 Å². The van der Waals surface area contributed by atoms with Crippen LogP contribution in [-0.4, -0.2) is 54.2 Å². The van der Waals surface area contributed by atoms with Gasteiger partial charge in [-0.25, -0.2) is 4.79 Å². The molecule has 0 bridgehead atoms. The van der Waals surface area contributed by atoms with E-state index in [1.807, 2.05) is 48.5 Å². The molecule has 2 atom stereocenters. The Bertz CT molecular complexity index is 1550. The highest BCUT2D eigenvalue weighted by Crippen LogP contribution is 2.44. The van der Waals surface area contributed by atoms with Gasteiger partial charge in [-0.05, 0) is 52.8 Å². The second kappa shape index (κ2) is 14.4. The van der Waals surface area contributed by atoms with Crippen LogP contribution in [0.4, 0.5) is 10.5 Å². The first-order valence-electron chi connectivity index (χ1n) is 14.3. The minimum Gasteiger partial charge on any atom is -0.449 e. The second-order valence-electron chi connectivity index (χ2n) is 10.8. The molecule has 0 fully saturated rings. The fourth-order valence-electron chi connectivity index (χ4n) is 5.15. The van der Waals surface area contributed by atoms with Gasteiger partial charge in [0, 0.05) is 17.2 Å². The molecule has 4 amide bonds. The van der Waals surface area contributed by atoms with Crippen molar-refractivity contribution in [3.63, 3.8) is 0 Å². The van der Waals surface area contributed by atoms with E-state index in [-0.39, 0.29) is 42.8 Å². The van der Waals surface area contributed by atoms with Gasteiger partial charge in [0.25, 0.3) is 5.91 Å². The summed E-state index contributed by atoms with van der Waals surface area (Å²) in [5.41, 5.74) is 5.17.